The van der Waals surface area contributed by atoms with Crippen molar-refractivity contribution in [1.29, 1.82) is 0 Å². The molecule has 1 aliphatic rings. The standard InChI is InChI=1S/C15H22ClN/c1-11-6-8-13(9-7-11)10-17-15-12(2)4-3-5-14(15)16/h3-5,11,13,17H,6-10H2,1-2H3. The molecule has 0 atom stereocenters. The minimum absolute atomic E-state index is 0.821. The van der Waals surface area contributed by atoms with Crippen molar-refractivity contribution in [3.63, 3.8) is 0 Å². The summed E-state index contributed by atoms with van der Waals surface area (Å²) in [6.45, 7) is 5.54. The van der Waals surface area contributed by atoms with Crippen molar-refractivity contribution in [1.82, 2.24) is 0 Å². The Morgan fingerprint density at radius 3 is 2.59 bits per heavy atom. The van der Waals surface area contributed by atoms with Gasteiger partial charge in [-0.3, -0.25) is 0 Å². The van der Waals surface area contributed by atoms with Gasteiger partial charge in [0.05, 0.1) is 10.7 Å². The van der Waals surface area contributed by atoms with Crippen molar-refractivity contribution in [2.75, 3.05) is 11.9 Å². The molecule has 0 bridgehead atoms. The second kappa shape index (κ2) is 5.77. The summed E-state index contributed by atoms with van der Waals surface area (Å²) < 4.78 is 0. The van der Waals surface area contributed by atoms with Gasteiger partial charge in [0, 0.05) is 6.54 Å². The lowest BCUT2D eigenvalue weighted by Gasteiger charge is -2.27. The minimum Gasteiger partial charge on any atom is -0.383 e. The van der Waals surface area contributed by atoms with E-state index in [0.717, 1.165) is 29.1 Å². The Morgan fingerprint density at radius 2 is 1.94 bits per heavy atom. The number of halogens is 1. The van der Waals surface area contributed by atoms with Gasteiger partial charge in [0.25, 0.3) is 0 Å². The monoisotopic (exact) mass is 251 g/mol. The van der Waals surface area contributed by atoms with Crippen molar-refractivity contribution < 1.29 is 0 Å². The molecule has 0 aliphatic heterocycles. The molecule has 94 valence electrons. The molecule has 1 N–H and O–H groups in total. The van der Waals surface area contributed by atoms with E-state index in [2.05, 4.69) is 25.2 Å². The molecule has 1 nitrogen and oxygen atoms in total. The third-order valence-corrected chi connectivity index (χ3v) is 4.24. The minimum atomic E-state index is 0.821. The second-order valence-electron chi connectivity index (χ2n) is 5.44. The number of nitrogens with one attached hydrogen (secondary N) is 1. The zero-order chi connectivity index (χ0) is 12.3. The Kier molecular flexibility index (Phi) is 4.33. The largest absolute Gasteiger partial charge is 0.383 e. The van der Waals surface area contributed by atoms with E-state index in [4.69, 9.17) is 11.6 Å². The lowest BCUT2D eigenvalue weighted by molar-refractivity contribution is 0.300. The molecule has 0 unspecified atom stereocenters. The molecular weight excluding hydrogens is 230 g/mol. The Bertz CT molecular complexity index is 347. The van der Waals surface area contributed by atoms with Crippen LogP contribution in [-0.2, 0) is 0 Å². The van der Waals surface area contributed by atoms with Gasteiger partial charge in [-0.2, -0.15) is 0 Å². The molecule has 1 aromatic carbocycles. The highest BCUT2D eigenvalue weighted by Gasteiger charge is 2.18. The average Bonchev–Trinajstić information content (AvgIpc) is 2.31. The number of para-hydroxylation sites is 1. The van der Waals surface area contributed by atoms with Crippen LogP contribution in [0.4, 0.5) is 5.69 Å². The number of hydrogen-bond donors (Lipinski definition) is 1. The molecule has 1 aromatic rings. The highest BCUT2D eigenvalue weighted by molar-refractivity contribution is 6.33. The van der Waals surface area contributed by atoms with Crippen LogP contribution in [0.2, 0.25) is 5.02 Å². The summed E-state index contributed by atoms with van der Waals surface area (Å²) in [4.78, 5) is 0. The van der Waals surface area contributed by atoms with Gasteiger partial charge in [0.15, 0.2) is 0 Å². The van der Waals surface area contributed by atoms with E-state index >= 15 is 0 Å². The van der Waals surface area contributed by atoms with Gasteiger partial charge in [-0.05, 0) is 43.2 Å². The predicted molar refractivity (Wildman–Crippen MR) is 75.8 cm³/mol. The molecule has 1 fully saturated rings. The Balaban J connectivity index is 1.89. The summed E-state index contributed by atoms with van der Waals surface area (Å²) in [5.41, 5.74) is 2.36. The van der Waals surface area contributed by atoms with Crippen LogP contribution in [0.1, 0.15) is 38.2 Å². The third kappa shape index (κ3) is 3.38. The first-order chi connectivity index (χ1) is 8.16. The van der Waals surface area contributed by atoms with E-state index in [1.54, 1.807) is 0 Å². The Morgan fingerprint density at radius 1 is 1.24 bits per heavy atom. The van der Waals surface area contributed by atoms with Crippen LogP contribution in [0, 0.1) is 18.8 Å². The first kappa shape index (κ1) is 12.8. The first-order valence-corrected chi connectivity index (χ1v) is 7.03. The van der Waals surface area contributed by atoms with Crippen molar-refractivity contribution in [3.05, 3.63) is 28.8 Å². The van der Waals surface area contributed by atoms with Crippen molar-refractivity contribution >= 4 is 17.3 Å². The highest BCUT2D eigenvalue weighted by Crippen LogP contribution is 2.30. The fraction of sp³-hybridized carbons (Fsp3) is 0.600. The third-order valence-electron chi connectivity index (χ3n) is 3.92. The quantitative estimate of drug-likeness (QED) is 0.807. The molecule has 0 heterocycles. The van der Waals surface area contributed by atoms with Crippen LogP contribution in [0.15, 0.2) is 18.2 Å². The Labute approximate surface area is 110 Å². The topological polar surface area (TPSA) is 12.0 Å². The summed E-state index contributed by atoms with van der Waals surface area (Å²) in [6.07, 6.45) is 5.48. The summed E-state index contributed by atoms with van der Waals surface area (Å²) in [5, 5.41) is 4.38. The molecular formula is C15H22ClN. The van der Waals surface area contributed by atoms with Crippen LogP contribution in [0.3, 0.4) is 0 Å². The van der Waals surface area contributed by atoms with Crippen LogP contribution in [0.5, 0.6) is 0 Å². The van der Waals surface area contributed by atoms with Gasteiger partial charge < -0.3 is 5.32 Å². The smallest absolute Gasteiger partial charge is 0.0640 e. The van der Waals surface area contributed by atoms with Crippen LogP contribution in [-0.4, -0.2) is 6.54 Å². The summed E-state index contributed by atoms with van der Waals surface area (Å²) in [5.74, 6) is 1.75. The van der Waals surface area contributed by atoms with Gasteiger partial charge in [-0.25, -0.2) is 0 Å². The van der Waals surface area contributed by atoms with Gasteiger partial charge in [0.1, 0.15) is 0 Å². The molecule has 2 heteroatoms. The van der Waals surface area contributed by atoms with E-state index in [-0.39, 0.29) is 0 Å². The molecule has 0 spiro atoms. The van der Waals surface area contributed by atoms with E-state index in [9.17, 15) is 0 Å². The molecule has 1 aliphatic carbocycles. The number of aryl methyl sites for hydroxylation is 1. The van der Waals surface area contributed by atoms with E-state index in [1.807, 2.05) is 12.1 Å². The van der Waals surface area contributed by atoms with Gasteiger partial charge in [0.2, 0.25) is 0 Å². The highest BCUT2D eigenvalue weighted by atomic mass is 35.5. The molecule has 2 rings (SSSR count). The average molecular weight is 252 g/mol. The molecule has 0 saturated heterocycles. The fourth-order valence-corrected chi connectivity index (χ4v) is 2.92. The molecule has 1 saturated carbocycles. The maximum absolute atomic E-state index is 6.21. The summed E-state index contributed by atoms with van der Waals surface area (Å²) in [6, 6.07) is 6.07. The van der Waals surface area contributed by atoms with Gasteiger partial charge in [-0.15, -0.1) is 0 Å². The molecule has 0 amide bonds. The lowest BCUT2D eigenvalue weighted by Crippen LogP contribution is -2.20. The fourth-order valence-electron chi connectivity index (χ4n) is 2.64. The second-order valence-corrected chi connectivity index (χ2v) is 5.85. The number of anilines is 1. The summed E-state index contributed by atoms with van der Waals surface area (Å²) >= 11 is 6.21. The summed E-state index contributed by atoms with van der Waals surface area (Å²) in [7, 11) is 0. The Hall–Kier alpha value is -0.690. The SMILES string of the molecule is Cc1cccc(Cl)c1NCC1CCC(C)CC1. The predicted octanol–water partition coefficient (Wildman–Crippen LogP) is 4.89. The maximum atomic E-state index is 6.21. The normalized spacial score (nSPS) is 24.6. The van der Waals surface area contributed by atoms with Crippen LogP contribution in [0.25, 0.3) is 0 Å². The lowest BCUT2D eigenvalue weighted by atomic mass is 9.83. The number of benzene rings is 1. The number of hydrogen-bond acceptors (Lipinski definition) is 1. The van der Waals surface area contributed by atoms with Crippen LogP contribution < -0.4 is 5.32 Å². The number of rotatable bonds is 3. The molecule has 0 aromatic heterocycles. The van der Waals surface area contributed by atoms with E-state index in [0.29, 0.717) is 0 Å². The van der Waals surface area contributed by atoms with E-state index in [1.165, 1.54) is 31.2 Å². The van der Waals surface area contributed by atoms with Crippen molar-refractivity contribution in [2.24, 2.45) is 11.8 Å². The van der Waals surface area contributed by atoms with Crippen molar-refractivity contribution in [3.8, 4) is 0 Å². The maximum Gasteiger partial charge on any atom is 0.0640 e. The van der Waals surface area contributed by atoms with Crippen molar-refractivity contribution in [2.45, 2.75) is 39.5 Å². The van der Waals surface area contributed by atoms with Gasteiger partial charge >= 0.3 is 0 Å². The first-order valence-electron chi connectivity index (χ1n) is 6.66. The zero-order valence-corrected chi connectivity index (χ0v) is 11.6. The van der Waals surface area contributed by atoms with E-state index < -0.39 is 0 Å². The molecule has 0 radical (unpaired) electrons. The zero-order valence-electron chi connectivity index (χ0n) is 10.8. The van der Waals surface area contributed by atoms with Crippen LogP contribution >= 0.6 is 11.6 Å². The van der Waals surface area contributed by atoms with Gasteiger partial charge in [-0.1, -0.05) is 43.5 Å². The molecule has 17 heavy (non-hydrogen) atoms.